The maximum Gasteiger partial charge on any atom is 0.247 e. The topological polar surface area (TPSA) is 56.1 Å². The van der Waals surface area contributed by atoms with Crippen LogP contribution in [-0.4, -0.2) is 29.2 Å². The fraction of sp³-hybridized carbons (Fsp3) is 0.200. The number of carbonyl (C=O) groups is 1. The van der Waals surface area contributed by atoms with E-state index < -0.39 is 0 Å². The van der Waals surface area contributed by atoms with Crippen molar-refractivity contribution >= 4 is 22.6 Å². The van der Waals surface area contributed by atoms with Crippen LogP contribution in [0.5, 0.6) is 0 Å². The molecule has 2 aromatic heterocycles. The Hall–Kier alpha value is -2.58. The van der Waals surface area contributed by atoms with Crippen molar-refractivity contribution in [3.63, 3.8) is 0 Å². The molecule has 0 aliphatic rings. The van der Waals surface area contributed by atoms with Crippen LogP contribution in [-0.2, 0) is 16.6 Å². The SMILES string of the molecule is C=CC(=O)Nc1cnc2c(c1)c(C#CCOC)cn2C. The van der Waals surface area contributed by atoms with Gasteiger partial charge in [0.2, 0.25) is 5.91 Å². The molecular formula is C15H15N3O2. The van der Waals surface area contributed by atoms with E-state index >= 15 is 0 Å². The van der Waals surface area contributed by atoms with E-state index in [1.165, 1.54) is 6.08 Å². The summed E-state index contributed by atoms with van der Waals surface area (Å²) in [7, 11) is 3.50. The predicted octanol–water partition coefficient (Wildman–Crippen LogP) is 1.70. The van der Waals surface area contributed by atoms with Crippen molar-refractivity contribution in [1.29, 1.82) is 0 Å². The molecule has 1 N–H and O–H groups in total. The third-order valence-corrected chi connectivity index (χ3v) is 2.71. The number of nitrogens with zero attached hydrogens (tertiary/aromatic N) is 2. The Morgan fingerprint density at radius 3 is 3.15 bits per heavy atom. The first-order valence-corrected chi connectivity index (χ1v) is 6.02. The number of rotatable bonds is 3. The summed E-state index contributed by atoms with van der Waals surface area (Å²) < 4.78 is 6.80. The Labute approximate surface area is 117 Å². The highest BCUT2D eigenvalue weighted by Gasteiger charge is 2.08. The molecule has 1 amide bonds. The lowest BCUT2D eigenvalue weighted by Gasteiger charge is -2.02. The van der Waals surface area contributed by atoms with Gasteiger partial charge in [0.1, 0.15) is 12.3 Å². The van der Waals surface area contributed by atoms with E-state index in [4.69, 9.17) is 4.74 Å². The Morgan fingerprint density at radius 2 is 2.45 bits per heavy atom. The van der Waals surface area contributed by atoms with Crippen LogP contribution in [0.4, 0.5) is 5.69 Å². The van der Waals surface area contributed by atoms with Gasteiger partial charge in [-0.25, -0.2) is 4.98 Å². The van der Waals surface area contributed by atoms with E-state index in [-0.39, 0.29) is 5.91 Å². The molecule has 0 aromatic carbocycles. The highest BCUT2D eigenvalue weighted by molar-refractivity contribution is 6.00. The first kappa shape index (κ1) is 13.8. The second-order valence-corrected chi connectivity index (χ2v) is 4.18. The minimum atomic E-state index is -0.269. The summed E-state index contributed by atoms with van der Waals surface area (Å²) in [4.78, 5) is 15.6. The Bertz CT molecular complexity index is 720. The first-order chi connectivity index (χ1) is 9.65. The third kappa shape index (κ3) is 2.87. The van der Waals surface area contributed by atoms with Gasteiger partial charge in [-0.05, 0) is 12.1 Å². The van der Waals surface area contributed by atoms with E-state index in [0.717, 1.165) is 16.6 Å². The molecule has 102 valence electrons. The standard InChI is InChI=1S/C15H15N3O2/c1-4-14(19)17-12-8-13-11(6-5-7-20-3)10-18(2)15(13)16-9-12/h4,8-10H,1,7H2,2-3H3,(H,17,19). The van der Waals surface area contributed by atoms with Gasteiger partial charge in [-0.3, -0.25) is 4.79 Å². The molecule has 0 spiro atoms. The summed E-state index contributed by atoms with van der Waals surface area (Å²) in [5.41, 5.74) is 2.27. The van der Waals surface area contributed by atoms with E-state index in [1.54, 1.807) is 13.3 Å². The number of ether oxygens (including phenoxy) is 1. The van der Waals surface area contributed by atoms with E-state index in [1.807, 2.05) is 23.9 Å². The van der Waals surface area contributed by atoms with Crippen LogP contribution in [0.1, 0.15) is 5.56 Å². The largest absolute Gasteiger partial charge is 0.372 e. The van der Waals surface area contributed by atoms with Crippen LogP contribution in [0, 0.1) is 11.8 Å². The molecule has 2 heterocycles. The van der Waals surface area contributed by atoms with Crippen molar-refractivity contribution in [2.24, 2.45) is 7.05 Å². The van der Waals surface area contributed by atoms with Gasteiger partial charge in [-0.1, -0.05) is 18.4 Å². The van der Waals surface area contributed by atoms with Crippen molar-refractivity contribution in [3.05, 3.63) is 36.7 Å². The number of amides is 1. The molecule has 5 heteroatoms. The summed E-state index contributed by atoms with van der Waals surface area (Å²) in [6.07, 6.45) is 4.73. The smallest absolute Gasteiger partial charge is 0.247 e. The van der Waals surface area contributed by atoms with E-state index in [2.05, 4.69) is 28.7 Å². The van der Waals surface area contributed by atoms with Gasteiger partial charge in [0.05, 0.1) is 17.4 Å². The van der Waals surface area contributed by atoms with Crippen molar-refractivity contribution in [1.82, 2.24) is 9.55 Å². The van der Waals surface area contributed by atoms with Crippen molar-refractivity contribution in [3.8, 4) is 11.8 Å². The third-order valence-electron chi connectivity index (χ3n) is 2.71. The van der Waals surface area contributed by atoms with Gasteiger partial charge in [0, 0.05) is 25.7 Å². The fourth-order valence-electron chi connectivity index (χ4n) is 1.83. The van der Waals surface area contributed by atoms with Crippen LogP contribution in [0.15, 0.2) is 31.1 Å². The number of aryl methyl sites for hydroxylation is 1. The molecule has 20 heavy (non-hydrogen) atoms. The molecular weight excluding hydrogens is 254 g/mol. The zero-order valence-electron chi connectivity index (χ0n) is 11.4. The molecule has 0 radical (unpaired) electrons. The number of fused-ring (bicyclic) bond motifs is 1. The number of pyridine rings is 1. The average molecular weight is 269 g/mol. The Kier molecular flexibility index (Phi) is 4.18. The molecule has 0 saturated heterocycles. The van der Waals surface area contributed by atoms with Gasteiger partial charge in [0.25, 0.3) is 0 Å². The lowest BCUT2D eigenvalue weighted by atomic mass is 10.2. The Balaban J connectivity index is 2.44. The number of anilines is 1. The minimum Gasteiger partial charge on any atom is -0.372 e. The zero-order valence-corrected chi connectivity index (χ0v) is 11.4. The second kappa shape index (κ2) is 6.04. The van der Waals surface area contributed by atoms with Gasteiger partial charge in [-0.2, -0.15) is 0 Å². The first-order valence-electron chi connectivity index (χ1n) is 6.02. The monoisotopic (exact) mass is 269 g/mol. The number of hydrogen-bond donors (Lipinski definition) is 1. The van der Waals surface area contributed by atoms with Crippen LogP contribution in [0.2, 0.25) is 0 Å². The van der Waals surface area contributed by atoms with Crippen molar-refractivity contribution < 1.29 is 9.53 Å². The maximum absolute atomic E-state index is 11.3. The van der Waals surface area contributed by atoms with Crippen LogP contribution in [0.25, 0.3) is 11.0 Å². The van der Waals surface area contributed by atoms with Crippen LogP contribution in [0.3, 0.4) is 0 Å². The summed E-state index contributed by atoms with van der Waals surface area (Å²) in [6, 6.07) is 1.85. The van der Waals surface area contributed by atoms with Crippen molar-refractivity contribution in [2.45, 2.75) is 0 Å². The number of hydrogen-bond acceptors (Lipinski definition) is 3. The fourth-order valence-corrected chi connectivity index (χ4v) is 1.83. The maximum atomic E-state index is 11.3. The normalized spacial score (nSPS) is 9.90. The predicted molar refractivity (Wildman–Crippen MR) is 78.3 cm³/mol. The molecule has 0 unspecified atom stereocenters. The lowest BCUT2D eigenvalue weighted by Crippen LogP contribution is -2.07. The van der Waals surface area contributed by atoms with Gasteiger partial charge in [-0.15, -0.1) is 0 Å². The van der Waals surface area contributed by atoms with Crippen LogP contribution < -0.4 is 5.32 Å². The van der Waals surface area contributed by atoms with Crippen molar-refractivity contribution in [2.75, 3.05) is 19.0 Å². The molecule has 0 fully saturated rings. The molecule has 0 bridgehead atoms. The molecule has 2 aromatic rings. The van der Waals surface area contributed by atoms with E-state index in [0.29, 0.717) is 12.3 Å². The second-order valence-electron chi connectivity index (χ2n) is 4.18. The van der Waals surface area contributed by atoms with E-state index in [9.17, 15) is 4.79 Å². The number of aromatic nitrogens is 2. The highest BCUT2D eigenvalue weighted by Crippen LogP contribution is 2.21. The zero-order chi connectivity index (χ0) is 14.5. The quantitative estimate of drug-likeness (QED) is 0.681. The highest BCUT2D eigenvalue weighted by atomic mass is 16.5. The van der Waals surface area contributed by atoms with Gasteiger partial charge in [0.15, 0.2) is 0 Å². The molecule has 2 rings (SSSR count). The average Bonchev–Trinajstić information content (AvgIpc) is 2.75. The summed E-state index contributed by atoms with van der Waals surface area (Å²) in [5.74, 6) is 5.68. The molecule has 5 nitrogen and oxygen atoms in total. The minimum absolute atomic E-state index is 0.269. The summed E-state index contributed by atoms with van der Waals surface area (Å²) in [6.45, 7) is 3.79. The number of carbonyl (C=O) groups excluding carboxylic acids is 1. The molecule has 0 aliphatic heterocycles. The number of methoxy groups -OCH3 is 1. The molecule has 0 saturated carbocycles. The summed E-state index contributed by atoms with van der Waals surface area (Å²) in [5, 5.41) is 3.57. The lowest BCUT2D eigenvalue weighted by molar-refractivity contribution is -0.111. The molecule has 0 aliphatic carbocycles. The molecule has 0 atom stereocenters. The van der Waals surface area contributed by atoms with Crippen LogP contribution >= 0.6 is 0 Å². The summed E-state index contributed by atoms with van der Waals surface area (Å²) >= 11 is 0. The van der Waals surface area contributed by atoms with Gasteiger partial charge >= 0.3 is 0 Å². The Morgan fingerprint density at radius 1 is 1.65 bits per heavy atom. The number of nitrogens with one attached hydrogen (secondary N) is 1. The van der Waals surface area contributed by atoms with Gasteiger partial charge < -0.3 is 14.6 Å².